The number of aromatic nitrogens is 4. The highest BCUT2D eigenvalue weighted by atomic mass is 16.2. The molecule has 1 saturated heterocycles. The van der Waals surface area contributed by atoms with Gasteiger partial charge in [0.05, 0.1) is 17.6 Å². The molecule has 0 spiro atoms. The Morgan fingerprint density at radius 3 is 2.69 bits per heavy atom. The van der Waals surface area contributed by atoms with Gasteiger partial charge in [-0.25, -0.2) is 0 Å². The zero-order valence-corrected chi connectivity index (χ0v) is 16.5. The van der Waals surface area contributed by atoms with Gasteiger partial charge < -0.3 is 15.5 Å². The minimum absolute atomic E-state index is 0.152. The average Bonchev–Trinajstić information content (AvgIpc) is 3.42. The number of anilines is 2. The predicted molar refractivity (Wildman–Crippen MR) is 113 cm³/mol. The largest absolute Gasteiger partial charge is 0.370 e. The van der Waals surface area contributed by atoms with Crippen molar-refractivity contribution < 1.29 is 4.79 Å². The van der Waals surface area contributed by atoms with Crippen LogP contribution in [0, 0.1) is 0 Å². The van der Waals surface area contributed by atoms with E-state index >= 15 is 0 Å². The van der Waals surface area contributed by atoms with Gasteiger partial charge >= 0.3 is 0 Å². The lowest BCUT2D eigenvalue weighted by atomic mass is 10.1. The van der Waals surface area contributed by atoms with E-state index in [0.717, 1.165) is 35.9 Å². The van der Waals surface area contributed by atoms with Crippen LogP contribution in [0.1, 0.15) is 23.3 Å². The zero-order valence-electron chi connectivity index (χ0n) is 16.5. The van der Waals surface area contributed by atoms with Crippen molar-refractivity contribution in [1.82, 2.24) is 25.3 Å². The summed E-state index contributed by atoms with van der Waals surface area (Å²) in [6.07, 6.45) is 4.24. The maximum Gasteiger partial charge on any atom is 0.269 e. The number of carbonyl (C=O) groups is 1. The molecule has 2 N–H and O–H groups in total. The van der Waals surface area contributed by atoms with Crippen LogP contribution in [-0.4, -0.2) is 52.1 Å². The maximum absolute atomic E-state index is 12.5. The third kappa shape index (κ3) is 4.53. The molecule has 29 heavy (non-hydrogen) atoms. The molecule has 3 heterocycles. The Hall–Kier alpha value is -3.42. The van der Waals surface area contributed by atoms with E-state index < -0.39 is 0 Å². The summed E-state index contributed by atoms with van der Waals surface area (Å²) < 4.78 is 1.61. The third-order valence-corrected chi connectivity index (χ3v) is 5.01. The number of aryl methyl sites for hydroxylation is 1. The second-order valence-electron chi connectivity index (χ2n) is 7.08. The Labute approximate surface area is 169 Å². The third-order valence-electron chi connectivity index (χ3n) is 5.01. The van der Waals surface area contributed by atoms with Crippen LogP contribution in [0.15, 0.2) is 48.7 Å². The summed E-state index contributed by atoms with van der Waals surface area (Å²) in [7, 11) is 1.78. The van der Waals surface area contributed by atoms with Gasteiger partial charge in [0.25, 0.3) is 5.91 Å². The second-order valence-corrected chi connectivity index (χ2v) is 7.08. The van der Waals surface area contributed by atoms with Crippen molar-refractivity contribution in [3.05, 3.63) is 54.4 Å². The number of hydrogen-bond acceptors (Lipinski definition) is 6. The van der Waals surface area contributed by atoms with Crippen LogP contribution < -0.4 is 15.5 Å². The van der Waals surface area contributed by atoms with Gasteiger partial charge in [-0.15, -0.1) is 5.10 Å². The lowest BCUT2D eigenvalue weighted by Crippen LogP contribution is -2.30. The topological polar surface area (TPSA) is 88.0 Å². The Morgan fingerprint density at radius 2 is 1.90 bits per heavy atom. The smallest absolute Gasteiger partial charge is 0.269 e. The molecule has 8 nitrogen and oxygen atoms in total. The average molecular weight is 391 g/mol. The van der Waals surface area contributed by atoms with Gasteiger partial charge in [0.1, 0.15) is 5.69 Å². The minimum atomic E-state index is -0.152. The summed E-state index contributed by atoms with van der Waals surface area (Å²) in [6, 6.07) is 13.6. The summed E-state index contributed by atoms with van der Waals surface area (Å²) in [5, 5.41) is 18.8. The van der Waals surface area contributed by atoms with Gasteiger partial charge in [0.15, 0.2) is 5.82 Å². The first kappa shape index (κ1) is 18.9. The number of carbonyl (C=O) groups excluding carboxylic acids is 1. The highest BCUT2D eigenvalue weighted by molar-refractivity contribution is 5.93. The quantitative estimate of drug-likeness (QED) is 0.601. The fraction of sp³-hybridized carbons (Fsp3) is 0.333. The van der Waals surface area contributed by atoms with Crippen LogP contribution in [0.2, 0.25) is 0 Å². The summed E-state index contributed by atoms with van der Waals surface area (Å²) in [6.45, 7) is 3.17. The Balaban J connectivity index is 1.29. The van der Waals surface area contributed by atoms with Gasteiger partial charge in [0.2, 0.25) is 0 Å². The van der Waals surface area contributed by atoms with Crippen molar-refractivity contribution in [2.45, 2.75) is 12.8 Å². The van der Waals surface area contributed by atoms with Gasteiger partial charge in [-0.05, 0) is 18.9 Å². The summed E-state index contributed by atoms with van der Waals surface area (Å²) in [5.74, 6) is 0.566. The normalized spacial score (nSPS) is 13.5. The van der Waals surface area contributed by atoms with Crippen molar-refractivity contribution in [2.24, 2.45) is 7.05 Å². The van der Waals surface area contributed by atoms with Crippen molar-refractivity contribution >= 4 is 17.4 Å². The fourth-order valence-electron chi connectivity index (χ4n) is 3.48. The van der Waals surface area contributed by atoms with E-state index in [1.54, 1.807) is 17.9 Å². The number of hydrogen-bond donors (Lipinski definition) is 2. The first-order chi connectivity index (χ1) is 14.2. The maximum atomic E-state index is 12.5. The first-order valence-electron chi connectivity index (χ1n) is 9.90. The Bertz CT molecular complexity index is 964. The molecule has 0 atom stereocenters. The van der Waals surface area contributed by atoms with E-state index in [9.17, 15) is 4.79 Å². The summed E-state index contributed by atoms with van der Waals surface area (Å²) in [4.78, 5) is 14.8. The van der Waals surface area contributed by atoms with Gasteiger partial charge in [-0.1, -0.05) is 30.3 Å². The SMILES string of the molecule is Cn1nc(-c2ccccc2)cc1C(=O)NCCNc1cc(N2CCCC2)cnn1. The number of amides is 1. The van der Waals surface area contributed by atoms with E-state index in [1.165, 1.54) is 12.8 Å². The molecule has 0 aliphatic carbocycles. The molecular weight excluding hydrogens is 366 g/mol. The zero-order chi connectivity index (χ0) is 20.1. The molecule has 1 aliphatic rings. The number of nitrogens with zero attached hydrogens (tertiary/aromatic N) is 5. The fourth-order valence-corrected chi connectivity index (χ4v) is 3.48. The van der Waals surface area contributed by atoms with Crippen molar-refractivity contribution in [3.63, 3.8) is 0 Å². The van der Waals surface area contributed by atoms with Gasteiger partial charge in [0, 0.05) is 44.9 Å². The van der Waals surface area contributed by atoms with E-state index in [4.69, 9.17) is 0 Å². The molecule has 8 heteroatoms. The number of nitrogens with one attached hydrogen (secondary N) is 2. The predicted octanol–water partition coefficient (Wildman–Crippen LogP) is 2.32. The lowest BCUT2D eigenvalue weighted by Gasteiger charge is -2.17. The minimum Gasteiger partial charge on any atom is -0.370 e. The monoisotopic (exact) mass is 391 g/mol. The van der Waals surface area contributed by atoms with Crippen LogP contribution in [0.5, 0.6) is 0 Å². The summed E-state index contributed by atoms with van der Waals surface area (Å²) >= 11 is 0. The van der Waals surface area contributed by atoms with Gasteiger partial charge in [-0.3, -0.25) is 9.48 Å². The van der Waals surface area contributed by atoms with Crippen LogP contribution in [0.25, 0.3) is 11.3 Å². The Morgan fingerprint density at radius 1 is 1.10 bits per heavy atom. The number of rotatable bonds is 7. The number of benzene rings is 1. The van der Waals surface area contributed by atoms with Crippen LogP contribution >= 0.6 is 0 Å². The molecule has 1 fully saturated rings. The van der Waals surface area contributed by atoms with Crippen LogP contribution in [0.4, 0.5) is 11.5 Å². The van der Waals surface area contributed by atoms with E-state index in [-0.39, 0.29) is 5.91 Å². The van der Waals surface area contributed by atoms with Crippen molar-refractivity contribution in [2.75, 3.05) is 36.4 Å². The highest BCUT2D eigenvalue weighted by Gasteiger charge is 2.15. The standard InChI is InChI=1S/C21H25N7O/c1-27-19(14-18(26-27)16-7-3-2-4-8-16)21(29)23-10-9-22-20-13-17(15-24-25-20)28-11-5-6-12-28/h2-4,7-8,13-15H,5-6,9-12H2,1H3,(H,22,25)(H,23,29). The van der Waals surface area contributed by atoms with E-state index in [1.807, 2.05) is 42.5 Å². The molecule has 0 saturated carbocycles. The molecule has 4 rings (SSSR count). The highest BCUT2D eigenvalue weighted by Crippen LogP contribution is 2.21. The molecule has 0 radical (unpaired) electrons. The van der Waals surface area contributed by atoms with E-state index in [0.29, 0.717) is 18.8 Å². The molecule has 150 valence electrons. The molecule has 2 aromatic heterocycles. The van der Waals surface area contributed by atoms with Crippen molar-refractivity contribution in [1.29, 1.82) is 0 Å². The second kappa shape index (κ2) is 8.72. The first-order valence-corrected chi connectivity index (χ1v) is 9.90. The Kier molecular flexibility index (Phi) is 5.69. The molecule has 1 aliphatic heterocycles. The van der Waals surface area contributed by atoms with Gasteiger partial charge in [-0.2, -0.15) is 10.2 Å². The van der Waals surface area contributed by atoms with Crippen LogP contribution in [-0.2, 0) is 7.05 Å². The molecule has 0 unspecified atom stereocenters. The lowest BCUT2D eigenvalue weighted by molar-refractivity contribution is 0.0946. The molecular formula is C21H25N7O. The summed E-state index contributed by atoms with van der Waals surface area (Å²) in [5.41, 5.74) is 3.39. The van der Waals surface area contributed by atoms with Crippen molar-refractivity contribution in [3.8, 4) is 11.3 Å². The molecule has 1 aromatic carbocycles. The molecule has 0 bridgehead atoms. The molecule has 3 aromatic rings. The van der Waals surface area contributed by atoms with E-state index in [2.05, 4.69) is 30.8 Å². The molecule has 1 amide bonds. The van der Waals surface area contributed by atoms with Crippen LogP contribution in [0.3, 0.4) is 0 Å².